The minimum atomic E-state index is -0.366. The number of hydrogen-bond donors (Lipinski definition) is 2. The number of carbonyl (C=O) groups excluding carboxylic acids is 2. The third kappa shape index (κ3) is 6.55. The molecule has 2 amide bonds. The molecule has 25 heavy (non-hydrogen) atoms. The van der Waals surface area contributed by atoms with Gasteiger partial charge in [0.15, 0.2) is 6.61 Å². The number of carbonyl (C=O) groups is 2. The first-order valence-electron chi connectivity index (χ1n) is 8.15. The van der Waals surface area contributed by atoms with Crippen molar-refractivity contribution in [2.45, 2.75) is 13.3 Å². The zero-order valence-electron chi connectivity index (χ0n) is 14.2. The van der Waals surface area contributed by atoms with E-state index in [2.05, 4.69) is 10.6 Å². The third-order valence-corrected chi connectivity index (χ3v) is 3.18. The van der Waals surface area contributed by atoms with Crippen molar-refractivity contribution >= 4 is 17.5 Å². The Hall–Kier alpha value is -3.02. The van der Waals surface area contributed by atoms with Crippen LogP contribution in [-0.2, 0) is 9.59 Å². The monoisotopic (exact) mass is 342 g/mol. The van der Waals surface area contributed by atoms with E-state index >= 15 is 0 Å². The lowest BCUT2D eigenvalue weighted by molar-refractivity contribution is -0.125. The molecule has 0 unspecified atom stereocenters. The molecule has 0 saturated heterocycles. The van der Waals surface area contributed by atoms with Crippen LogP contribution in [0, 0.1) is 0 Å². The van der Waals surface area contributed by atoms with E-state index in [0.29, 0.717) is 23.8 Å². The van der Waals surface area contributed by atoms with Gasteiger partial charge in [-0.2, -0.15) is 0 Å². The highest BCUT2D eigenvalue weighted by Crippen LogP contribution is 2.23. The van der Waals surface area contributed by atoms with Crippen molar-refractivity contribution in [3.8, 4) is 11.5 Å². The van der Waals surface area contributed by atoms with Crippen molar-refractivity contribution in [3.05, 3.63) is 54.6 Å². The minimum absolute atomic E-state index is 0.140. The molecule has 0 bridgehead atoms. The molecule has 0 aliphatic heterocycles. The minimum Gasteiger partial charge on any atom is -0.491 e. The number of rotatable bonds is 9. The number of nitrogens with one attached hydrogen (secondary N) is 2. The van der Waals surface area contributed by atoms with Gasteiger partial charge in [-0.25, -0.2) is 0 Å². The van der Waals surface area contributed by atoms with Crippen molar-refractivity contribution in [3.63, 3.8) is 0 Å². The zero-order chi connectivity index (χ0) is 17.9. The summed E-state index contributed by atoms with van der Waals surface area (Å²) in [6.45, 7) is 2.29. The van der Waals surface area contributed by atoms with Crippen LogP contribution in [0.15, 0.2) is 54.6 Å². The lowest BCUT2D eigenvalue weighted by atomic mass is 10.3. The molecule has 0 heterocycles. The van der Waals surface area contributed by atoms with E-state index in [-0.39, 0.29) is 25.0 Å². The van der Waals surface area contributed by atoms with Gasteiger partial charge < -0.3 is 20.1 Å². The highest BCUT2D eigenvalue weighted by atomic mass is 16.5. The fourth-order valence-electron chi connectivity index (χ4n) is 2.00. The SMILES string of the molecule is CCCOc1ccccc1NC(=O)CNC(=O)COc1ccccc1. The average Bonchev–Trinajstić information content (AvgIpc) is 2.65. The number of benzene rings is 2. The Morgan fingerprint density at radius 2 is 1.64 bits per heavy atom. The molecule has 2 aromatic carbocycles. The van der Waals surface area contributed by atoms with Crippen LogP contribution >= 0.6 is 0 Å². The summed E-state index contributed by atoms with van der Waals surface area (Å²) in [5.41, 5.74) is 0.579. The molecule has 6 heteroatoms. The standard InChI is InChI=1S/C19H22N2O4/c1-2-12-24-17-11-7-6-10-16(17)21-18(22)13-20-19(23)14-25-15-8-4-3-5-9-15/h3-11H,2,12-14H2,1H3,(H,20,23)(H,21,22). The first-order chi connectivity index (χ1) is 12.2. The van der Waals surface area contributed by atoms with Gasteiger partial charge in [0.25, 0.3) is 5.91 Å². The summed E-state index contributed by atoms with van der Waals surface area (Å²) in [5, 5.41) is 5.25. The number of hydrogen-bond acceptors (Lipinski definition) is 4. The molecule has 0 aliphatic rings. The normalized spacial score (nSPS) is 9.96. The summed E-state index contributed by atoms with van der Waals surface area (Å²) in [7, 11) is 0. The largest absolute Gasteiger partial charge is 0.491 e. The maximum Gasteiger partial charge on any atom is 0.258 e. The summed E-state index contributed by atoms with van der Waals surface area (Å²) in [4.78, 5) is 23.7. The smallest absolute Gasteiger partial charge is 0.258 e. The van der Waals surface area contributed by atoms with E-state index in [1.54, 1.807) is 30.3 Å². The molecule has 2 N–H and O–H groups in total. The van der Waals surface area contributed by atoms with Crippen LogP contribution in [-0.4, -0.2) is 31.6 Å². The first kappa shape index (κ1) is 18.3. The van der Waals surface area contributed by atoms with E-state index in [4.69, 9.17) is 9.47 Å². The Balaban J connectivity index is 1.76. The van der Waals surface area contributed by atoms with Crippen molar-refractivity contribution in [2.75, 3.05) is 25.1 Å². The highest BCUT2D eigenvalue weighted by Gasteiger charge is 2.09. The van der Waals surface area contributed by atoms with E-state index in [9.17, 15) is 9.59 Å². The number of amides is 2. The molecule has 2 rings (SSSR count). The fourth-order valence-corrected chi connectivity index (χ4v) is 2.00. The van der Waals surface area contributed by atoms with Crippen LogP contribution in [0.5, 0.6) is 11.5 Å². The molecule has 132 valence electrons. The van der Waals surface area contributed by atoms with E-state index in [1.165, 1.54) is 0 Å². The lowest BCUT2D eigenvalue weighted by Crippen LogP contribution is -2.35. The second-order valence-electron chi connectivity index (χ2n) is 5.27. The molecule has 0 spiro atoms. The van der Waals surface area contributed by atoms with Crippen LogP contribution < -0.4 is 20.1 Å². The first-order valence-corrected chi connectivity index (χ1v) is 8.15. The predicted octanol–water partition coefficient (Wildman–Crippen LogP) is 2.61. The number of para-hydroxylation sites is 3. The van der Waals surface area contributed by atoms with Crippen LogP contribution in [0.4, 0.5) is 5.69 Å². The van der Waals surface area contributed by atoms with Crippen LogP contribution in [0.1, 0.15) is 13.3 Å². The van der Waals surface area contributed by atoms with Crippen molar-refractivity contribution in [1.82, 2.24) is 5.32 Å². The summed E-state index contributed by atoms with van der Waals surface area (Å²) in [6.07, 6.45) is 0.875. The van der Waals surface area contributed by atoms with Crippen molar-refractivity contribution in [1.29, 1.82) is 0 Å². The van der Waals surface area contributed by atoms with E-state index < -0.39 is 0 Å². The molecular formula is C19H22N2O4. The van der Waals surface area contributed by atoms with Gasteiger partial charge in [0.2, 0.25) is 5.91 Å². The van der Waals surface area contributed by atoms with Crippen LogP contribution in [0.3, 0.4) is 0 Å². The van der Waals surface area contributed by atoms with Gasteiger partial charge in [0, 0.05) is 0 Å². The summed E-state index contributed by atoms with van der Waals surface area (Å²) in [5.74, 6) is 0.510. The second-order valence-corrected chi connectivity index (χ2v) is 5.27. The second kappa shape index (κ2) is 9.97. The zero-order valence-corrected chi connectivity index (χ0v) is 14.2. The molecule has 0 aliphatic carbocycles. The molecule has 0 atom stereocenters. The van der Waals surface area contributed by atoms with Crippen molar-refractivity contribution < 1.29 is 19.1 Å². The van der Waals surface area contributed by atoms with Crippen molar-refractivity contribution in [2.24, 2.45) is 0 Å². The fraction of sp³-hybridized carbons (Fsp3) is 0.263. The molecule has 2 aromatic rings. The van der Waals surface area contributed by atoms with E-state index in [0.717, 1.165) is 6.42 Å². The Kier molecular flexibility index (Phi) is 7.31. The molecule has 0 fully saturated rings. The Labute approximate surface area is 147 Å². The summed E-state index contributed by atoms with van der Waals surface area (Å²) < 4.78 is 10.9. The molecular weight excluding hydrogens is 320 g/mol. The molecule has 0 saturated carbocycles. The third-order valence-electron chi connectivity index (χ3n) is 3.18. The Morgan fingerprint density at radius 1 is 0.920 bits per heavy atom. The van der Waals surface area contributed by atoms with E-state index in [1.807, 2.05) is 31.2 Å². The quantitative estimate of drug-likeness (QED) is 0.734. The molecule has 0 radical (unpaired) electrons. The molecule has 6 nitrogen and oxygen atoms in total. The lowest BCUT2D eigenvalue weighted by Gasteiger charge is -2.12. The topological polar surface area (TPSA) is 76.7 Å². The highest BCUT2D eigenvalue weighted by molar-refractivity contribution is 5.95. The van der Waals surface area contributed by atoms with Crippen LogP contribution in [0.25, 0.3) is 0 Å². The van der Waals surface area contributed by atoms with Gasteiger partial charge in [0.1, 0.15) is 11.5 Å². The number of ether oxygens (including phenoxy) is 2. The van der Waals surface area contributed by atoms with Gasteiger partial charge in [-0.15, -0.1) is 0 Å². The summed E-state index contributed by atoms with van der Waals surface area (Å²) in [6, 6.07) is 16.2. The Morgan fingerprint density at radius 3 is 2.40 bits per heavy atom. The summed E-state index contributed by atoms with van der Waals surface area (Å²) >= 11 is 0. The van der Waals surface area contributed by atoms with Crippen LogP contribution in [0.2, 0.25) is 0 Å². The predicted molar refractivity (Wildman–Crippen MR) is 95.8 cm³/mol. The average molecular weight is 342 g/mol. The van der Waals surface area contributed by atoms with Gasteiger partial charge in [-0.05, 0) is 30.7 Å². The van der Waals surface area contributed by atoms with Gasteiger partial charge in [-0.3, -0.25) is 9.59 Å². The maximum atomic E-state index is 12.0. The Bertz CT molecular complexity index is 689. The van der Waals surface area contributed by atoms with Gasteiger partial charge in [-0.1, -0.05) is 37.3 Å². The number of anilines is 1. The van der Waals surface area contributed by atoms with Gasteiger partial charge in [0.05, 0.1) is 18.8 Å². The molecule has 0 aromatic heterocycles. The van der Waals surface area contributed by atoms with Gasteiger partial charge >= 0.3 is 0 Å². The maximum absolute atomic E-state index is 12.0.